The molecule has 0 aliphatic carbocycles. The smallest absolute Gasteiger partial charge is 0.310 e. The average molecular weight is 228 g/mol. The molecule has 0 saturated heterocycles. The molecule has 0 aliphatic heterocycles. The number of carboxylic acids is 1. The largest absolute Gasteiger partial charge is 0.481 e. The van der Waals surface area contributed by atoms with E-state index in [2.05, 4.69) is 10.3 Å². The molecule has 7 heteroatoms. The number of nitrogens with one attached hydrogen (secondary N) is 1. The van der Waals surface area contributed by atoms with Crippen LogP contribution in [0, 0.1) is 0 Å². The first-order valence-corrected chi connectivity index (χ1v) is 5.01. The molecule has 0 radical (unpaired) electrons. The maximum atomic E-state index is 10.7. The van der Waals surface area contributed by atoms with Gasteiger partial charge < -0.3 is 10.4 Å². The second kappa shape index (κ2) is 5.11. The normalized spacial score (nSPS) is 9.33. The van der Waals surface area contributed by atoms with E-state index in [1.807, 2.05) is 0 Å². The predicted octanol–water partition coefficient (Wildman–Crippen LogP) is -0.0228. The number of hydrogen-bond donors (Lipinski definition) is 2. The predicted molar refractivity (Wildman–Crippen MR) is 54.0 cm³/mol. The average Bonchev–Trinajstić information content (AvgIpc) is 2.17. The summed E-state index contributed by atoms with van der Waals surface area (Å²) in [7, 11) is -2.58. The molecule has 0 spiro atoms. The van der Waals surface area contributed by atoms with Crippen LogP contribution in [-0.4, -0.2) is 29.5 Å². The van der Waals surface area contributed by atoms with Crippen molar-refractivity contribution < 1.29 is 18.3 Å². The summed E-state index contributed by atoms with van der Waals surface area (Å²) in [6.45, 7) is 0. The SMILES string of the molecule is O=C(O)CC(Nc1cccnc1)=S(=O)=O. The van der Waals surface area contributed by atoms with E-state index >= 15 is 0 Å². The van der Waals surface area contributed by atoms with E-state index in [4.69, 9.17) is 5.11 Å². The molecule has 1 aromatic heterocycles. The van der Waals surface area contributed by atoms with Crippen LogP contribution in [0.3, 0.4) is 0 Å². The van der Waals surface area contributed by atoms with E-state index in [0.29, 0.717) is 5.69 Å². The fraction of sp³-hybridized carbons (Fsp3) is 0.125. The number of pyridine rings is 1. The van der Waals surface area contributed by atoms with Crippen molar-refractivity contribution in [1.29, 1.82) is 0 Å². The fourth-order valence-electron chi connectivity index (χ4n) is 0.880. The van der Waals surface area contributed by atoms with Crippen LogP contribution < -0.4 is 5.32 Å². The van der Waals surface area contributed by atoms with Crippen LogP contribution >= 0.6 is 0 Å². The number of nitrogens with zero attached hydrogens (tertiary/aromatic N) is 1. The van der Waals surface area contributed by atoms with E-state index in [1.54, 1.807) is 12.1 Å². The Labute approximate surface area is 87.1 Å². The topological polar surface area (TPSA) is 96.4 Å². The van der Waals surface area contributed by atoms with Crippen LogP contribution in [0.15, 0.2) is 24.5 Å². The lowest BCUT2D eigenvalue weighted by Gasteiger charge is -2.03. The zero-order valence-corrected chi connectivity index (χ0v) is 8.36. The van der Waals surface area contributed by atoms with Crippen molar-refractivity contribution >= 4 is 26.9 Å². The number of aromatic nitrogens is 1. The Hall–Kier alpha value is -1.89. The summed E-state index contributed by atoms with van der Waals surface area (Å²) in [4.78, 5) is 13.8. The van der Waals surface area contributed by atoms with Crippen molar-refractivity contribution in [2.24, 2.45) is 0 Å². The second-order valence-electron chi connectivity index (χ2n) is 2.60. The summed E-state index contributed by atoms with van der Waals surface area (Å²) in [6.07, 6.45) is 2.34. The van der Waals surface area contributed by atoms with Gasteiger partial charge in [0.2, 0.25) is 10.3 Å². The first-order valence-electron chi connectivity index (χ1n) is 3.93. The molecule has 0 atom stereocenters. The lowest BCUT2D eigenvalue weighted by Crippen LogP contribution is -2.17. The number of carboxylic acid groups (broad SMARTS) is 1. The molecule has 6 nitrogen and oxygen atoms in total. The standard InChI is InChI=1S/C8H8N2O4S/c11-8(12)4-7(15(13)14)10-6-2-1-3-9-5-6/h1-3,5,10H,4H2,(H,11,12). The first kappa shape index (κ1) is 11.2. The molecule has 0 aliphatic rings. The quantitative estimate of drug-likeness (QED) is 0.705. The summed E-state index contributed by atoms with van der Waals surface area (Å²) >= 11 is 0. The van der Waals surface area contributed by atoms with Gasteiger partial charge in [-0.25, -0.2) is 0 Å². The lowest BCUT2D eigenvalue weighted by atomic mass is 10.4. The van der Waals surface area contributed by atoms with Gasteiger partial charge in [0.1, 0.15) is 11.4 Å². The van der Waals surface area contributed by atoms with E-state index in [1.165, 1.54) is 12.4 Å². The van der Waals surface area contributed by atoms with Crippen LogP contribution in [0.25, 0.3) is 0 Å². The van der Waals surface area contributed by atoms with Crippen molar-refractivity contribution in [3.8, 4) is 0 Å². The Kier molecular flexibility index (Phi) is 3.81. The highest BCUT2D eigenvalue weighted by atomic mass is 32.2. The van der Waals surface area contributed by atoms with Crippen molar-refractivity contribution in [2.45, 2.75) is 6.42 Å². The van der Waals surface area contributed by atoms with Crippen LogP contribution in [-0.2, 0) is 15.1 Å². The van der Waals surface area contributed by atoms with Crippen LogP contribution in [0.2, 0.25) is 0 Å². The van der Waals surface area contributed by atoms with Crippen molar-refractivity contribution in [3.63, 3.8) is 0 Å². The van der Waals surface area contributed by atoms with Crippen LogP contribution in [0.5, 0.6) is 0 Å². The summed E-state index contributed by atoms with van der Waals surface area (Å²) < 4.78 is 21.3. The van der Waals surface area contributed by atoms with Gasteiger partial charge in [-0.15, -0.1) is 0 Å². The Morgan fingerprint density at radius 3 is 2.73 bits per heavy atom. The third-order valence-corrected chi connectivity index (χ3v) is 2.11. The molecule has 2 N–H and O–H groups in total. The maximum absolute atomic E-state index is 10.7. The highest BCUT2D eigenvalue weighted by molar-refractivity contribution is 7.73. The lowest BCUT2D eigenvalue weighted by molar-refractivity contribution is -0.135. The van der Waals surface area contributed by atoms with E-state index in [0.717, 1.165) is 0 Å². The molecule has 0 unspecified atom stereocenters. The molecule has 1 aromatic rings. The van der Waals surface area contributed by atoms with Gasteiger partial charge in [0.15, 0.2) is 0 Å². The third kappa shape index (κ3) is 3.77. The minimum absolute atomic E-state index is 0.296. The third-order valence-electron chi connectivity index (χ3n) is 1.46. The van der Waals surface area contributed by atoms with E-state index in [9.17, 15) is 13.2 Å². The summed E-state index contributed by atoms with van der Waals surface area (Å²) in [5.74, 6) is -1.22. The van der Waals surface area contributed by atoms with Gasteiger partial charge in [-0.1, -0.05) is 0 Å². The number of hydrogen-bond acceptors (Lipinski definition) is 4. The van der Waals surface area contributed by atoms with Crippen molar-refractivity contribution in [3.05, 3.63) is 24.5 Å². The highest BCUT2D eigenvalue weighted by Gasteiger charge is 2.07. The molecular formula is C8H8N2O4S. The second-order valence-corrected chi connectivity index (χ2v) is 3.56. The first-order chi connectivity index (χ1) is 7.09. The maximum Gasteiger partial charge on any atom is 0.310 e. The Bertz CT molecular complexity index is 473. The number of rotatable bonds is 3. The molecule has 80 valence electrons. The Balaban J connectivity index is 2.88. The van der Waals surface area contributed by atoms with Crippen LogP contribution in [0.1, 0.15) is 6.42 Å². The molecule has 0 amide bonds. The minimum Gasteiger partial charge on any atom is -0.481 e. The van der Waals surface area contributed by atoms with Gasteiger partial charge in [-0.3, -0.25) is 9.78 Å². The number of anilines is 1. The molecule has 0 saturated carbocycles. The molecular weight excluding hydrogens is 220 g/mol. The zero-order valence-electron chi connectivity index (χ0n) is 7.54. The number of aliphatic carboxylic acids is 1. The van der Waals surface area contributed by atoms with Gasteiger partial charge in [0, 0.05) is 6.20 Å². The number of carbonyl (C=O) groups is 1. The summed E-state index contributed by atoms with van der Waals surface area (Å²) in [6, 6.07) is 3.19. The van der Waals surface area contributed by atoms with Gasteiger partial charge in [-0.2, -0.15) is 8.42 Å². The zero-order chi connectivity index (χ0) is 11.3. The Morgan fingerprint density at radius 2 is 2.27 bits per heavy atom. The van der Waals surface area contributed by atoms with Gasteiger partial charge in [0.05, 0.1) is 11.9 Å². The minimum atomic E-state index is -2.58. The molecule has 0 aromatic carbocycles. The van der Waals surface area contributed by atoms with Gasteiger partial charge in [0.25, 0.3) is 0 Å². The molecule has 0 fully saturated rings. The van der Waals surface area contributed by atoms with Crippen LogP contribution in [0.4, 0.5) is 5.69 Å². The van der Waals surface area contributed by atoms with Gasteiger partial charge in [-0.05, 0) is 12.1 Å². The van der Waals surface area contributed by atoms with Crippen molar-refractivity contribution in [1.82, 2.24) is 4.98 Å². The molecule has 15 heavy (non-hydrogen) atoms. The Morgan fingerprint density at radius 1 is 1.53 bits per heavy atom. The highest BCUT2D eigenvalue weighted by Crippen LogP contribution is 2.03. The van der Waals surface area contributed by atoms with Gasteiger partial charge >= 0.3 is 5.97 Å². The molecule has 1 rings (SSSR count). The molecule has 1 heterocycles. The molecule has 0 bridgehead atoms. The van der Waals surface area contributed by atoms with E-state index in [-0.39, 0.29) is 4.99 Å². The summed E-state index contributed by atoms with van der Waals surface area (Å²) in [5, 5.41) is 10.9. The van der Waals surface area contributed by atoms with E-state index < -0.39 is 22.7 Å². The fourth-order valence-corrected chi connectivity index (χ4v) is 1.32. The van der Waals surface area contributed by atoms with Crippen molar-refractivity contribution in [2.75, 3.05) is 5.32 Å². The monoisotopic (exact) mass is 228 g/mol. The summed E-state index contributed by atoms with van der Waals surface area (Å²) in [5.41, 5.74) is 0.429.